The van der Waals surface area contributed by atoms with Crippen molar-refractivity contribution in [1.29, 1.82) is 0 Å². The van der Waals surface area contributed by atoms with Crippen molar-refractivity contribution in [2.24, 2.45) is 10.1 Å². The average Bonchev–Trinajstić information content (AvgIpc) is 2.44. The lowest BCUT2D eigenvalue weighted by molar-refractivity contribution is 0.100. The normalized spacial score (nSPS) is 12.0. The first-order valence-electron chi connectivity index (χ1n) is 7.06. The lowest BCUT2D eigenvalue weighted by Gasteiger charge is -2.08. The predicted molar refractivity (Wildman–Crippen MR) is 93.4 cm³/mol. The number of aliphatic imine (C=N–C) groups is 1. The van der Waals surface area contributed by atoms with Crippen LogP contribution in [-0.2, 0) is 10.2 Å². The zero-order valence-corrected chi connectivity index (χ0v) is 14.5. The van der Waals surface area contributed by atoms with E-state index in [2.05, 4.69) is 14.1 Å². The number of benzene rings is 1. The van der Waals surface area contributed by atoms with Crippen LogP contribution in [0.15, 0.2) is 38.5 Å². The van der Waals surface area contributed by atoms with Gasteiger partial charge in [-0.1, -0.05) is 6.07 Å². The molecule has 1 heterocycles. The van der Waals surface area contributed by atoms with Gasteiger partial charge in [0, 0.05) is 0 Å². The van der Waals surface area contributed by atoms with Crippen LogP contribution in [0.4, 0.5) is 11.4 Å². The van der Waals surface area contributed by atoms with Crippen molar-refractivity contribution in [3.63, 3.8) is 0 Å². The van der Waals surface area contributed by atoms with Crippen molar-refractivity contribution >= 4 is 33.1 Å². The number of anilines is 1. The number of carbonyl (C=O) groups is 1. The predicted octanol–water partition coefficient (Wildman–Crippen LogP) is 1.01. The van der Waals surface area contributed by atoms with Gasteiger partial charge >= 0.3 is 5.63 Å². The maximum Gasteiger partial charge on any atom is 0.351 e. The summed E-state index contributed by atoms with van der Waals surface area (Å²) in [5.74, 6) is -2.46. The van der Waals surface area contributed by atoms with Gasteiger partial charge in [0.15, 0.2) is 5.78 Å². The van der Waals surface area contributed by atoms with Gasteiger partial charge in [-0.25, -0.2) is 9.93 Å². The molecule has 10 nitrogen and oxygen atoms in total. The Kier molecular flexibility index (Phi) is 5.14. The zero-order chi connectivity index (χ0) is 19.6. The highest BCUT2D eigenvalue weighted by molar-refractivity contribution is 7.90. The average molecular weight is 381 g/mol. The fourth-order valence-corrected chi connectivity index (χ4v) is 2.66. The fraction of sp³-hybridized carbons (Fsp3) is 0.133. The first-order chi connectivity index (χ1) is 12.0. The molecule has 26 heavy (non-hydrogen) atoms. The number of carbonyl (C=O) groups excluding carboxylic acids is 1. The van der Waals surface area contributed by atoms with E-state index in [1.54, 1.807) is 0 Å². The summed E-state index contributed by atoms with van der Waals surface area (Å²) in [7, 11) is -3.98. The SMILES string of the molecule is CC(=O)c1c(O)oc(=O)c(C(C)=Nc2cccc(NS(N)(=O)=O)c2)c1O. The lowest BCUT2D eigenvalue weighted by atomic mass is 10.1. The van der Waals surface area contributed by atoms with Crippen LogP contribution in [0.2, 0.25) is 0 Å². The van der Waals surface area contributed by atoms with E-state index in [1.807, 2.05) is 0 Å². The number of ketones is 1. The quantitative estimate of drug-likeness (QED) is 0.442. The molecule has 0 spiro atoms. The van der Waals surface area contributed by atoms with Gasteiger partial charge in [0.25, 0.3) is 16.2 Å². The van der Waals surface area contributed by atoms with Crippen LogP contribution >= 0.6 is 0 Å². The molecule has 0 saturated heterocycles. The van der Waals surface area contributed by atoms with E-state index in [4.69, 9.17) is 5.14 Å². The molecular formula is C15H15N3O7S. The van der Waals surface area contributed by atoms with Gasteiger partial charge in [-0.15, -0.1) is 0 Å². The molecule has 0 aliphatic carbocycles. The first kappa shape index (κ1) is 19.1. The number of nitrogens with one attached hydrogen (secondary N) is 1. The molecule has 5 N–H and O–H groups in total. The molecule has 1 aromatic carbocycles. The van der Waals surface area contributed by atoms with Gasteiger partial charge in [0.2, 0.25) is 0 Å². The molecule has 0 unspecified atom stereocenters. The minimum Gasteiger partial charge on any atom is -0.506 e. The van der Waals surface area contributed by atoms with E-state index < -0.39 is 44.4 Å². The van der Waals surface area contributed by atoms with Crippen molar-refractivity contribution in [1.82, 2.24) is 0 Å². The number of Topliss-reactive ketones (excluding diaryl/α,β-unsaturated/α-hetero) is 1. The summed E-state index contributed by atoms with van der Waals surface area (Å²) >= 11 is 0. The fourth-order valence-electron chi connectivity index (χ4n) is 2.20. The van der Waals surface area contributed by atoms with Crippen molar-refractivity contribution < 1.29 is 27.8 Å². The number of nitrogens with two attached hydrogens (primary N) is 1. The Morgan fingerprint density at radius 2 is 1.88 bits per heavy atom. The molecule has 0 bridgehead atoms. The molecule has 0 aliphatic rings. The van der Waals surface area contributed by atoms with Crippen LogP contribution in [0.25, 0.3) is 0 Å². The van der Waals surface area contributed by atoms with Gasteiger partial charge < -0.3 is 14.6 Å². The van der Waals surface area contributed by atoms with E-state index in [-0.39, 0.29) is 17.1 Å². The standard InChI is InChI=1S/C15H15N3O7S/c1-7(11-13(20)12(8(2)19)15(22)25-14(11)21)17-9-4-3-5-10(6-9)18-26(16,23)24/h3-6,18,20,22H,1-2H3,(H2,16,23,24). The number of aromatic hydroxyl groups is 2. The minimum atomic E-state index is -3.98. The van der Waals surface area contributed by atoms with E-state index in [0.29, 0.717) is 0 Å². The topological polar surface area (TPSA) is 172 Å². The van der Waals surface area contributed by atoms with Crippen LogP contribution in [0.3, 0.4) is 0 Å². The number of nitrogens with zero attached hydrogens (tertiary/aromatic N) is 1. The Balaban J connectivity index is 2.55. The summed E-state index contributed by atoms with van der Waals surface area (Å²) in [4.78, 5) is 27.5. The summed E-state index contributed by atoms with van der Waals surface area (Å²) < 4.78 is 28.8. The highest BCUT2D eigenvalue weighted by Crippen LogP contribution is 2.29. The number of hydrogen-bond donors (Lipinski definition) is 4. The van der Waals surface area contributed by atoms with Crippen LogP contribution in [0, 0.1) is 0 Å². The van der Waals surface area contributed by atoms with Gasteiger partial charge in [0.1, 0.15) is 16.9 Å². The van der Waals surface area contributed by atoms with E-state index >= 15 is 0 Å². The summed E-state index contributed by atoms with van der Waals surface area (Å²) in [6.07, 6.45) is 0. The second kappa shape index (κ2) is 6.98. The first-order valence-corrected chi connectivity index (χ1v) is 8.60. The molecule has 2 rings (SSSR count). The maximum atomic E-state index is 11.9. The molecule has 11 heteroatoms. The summed E-state index contributed by atoms with van der Waals surface area (Å²) in [5.41, 5.74) is -1.70. The molecule has 0 aliphatic heterocycles. The second-order valence-corrected chi connectivity index (χ2v) is 6.54. The van der Waals surface area contributed by atoms with Crippen LogP contribution in [0.1, 0.15) is 29.8 Å². The lowest BCUT2D eigenvalue weighted by Crippen LogP contribution is -2.21. The molecule has 0 atom stereocenters. The molecule has 0 radical (unpaired) electrons. The molecule has 138 valence electrons. The summed E-state index contributed by atoms with van der Waals surface area (Å²) in [5, 5.41) is 24.6. The molecule has 2 aromatic rings. The van der Waals surface area contributed by atoms with Gasteiger partial charge in [-0.05, 0) is 32.0 Å². The summed E-state index contributed by atoms with van der Waals surface area (Å²) in [6.45, 7) is 2.44. The van der Waals surface area contributed by atoms with Crippen molar-refractivity contribution in [3.05, 3.63) is 45.8 Å². The Labute approximate surface area is 147 Å². The maximum absolute atomic E-state index is 11.9. The molecule has 1 aromatic heterocycles. The van der Waals surface area contributed by atoms with Crippen molar-refractivity contribution in [2.75, 3.05) is 4.72 Å². The number of rotatable bonds is 5. The Morgan fingerprint density at radius 1 is 1.23 bits per heavy atom. The molecule has 0 saturated carbocycles. The second-order valence-electron chi connectivity index (χ2n) is 5.24. The van der Waals surface area contributed by atoms with Gasteiger partial charge in [-0.2, -0.15) is 8.42 Å². The van der Waals surface area contributed by atoms with Crippen LogP contribution < -0.4 is 15.5 Å². The van der Waals surface area contributed by atoms with Crippen LogP contribution in [0.5, 0.6) is 11.7 Å². The number of hydrogen-bond acceptors (Lipinski definition) is 8. The third kappa shape index (κ3) is 4.26. The Morgan fingerprint density at radius 3 is 2.46 bits per heavy atom. The highest BCUT2D eigenvalue weighted by atomic mass is 32.2. The van der Waals surface area contributed by atoms with Crippen molar-refractivity contribution in [3.8, 4) is 11.7 Å². The molecule has 0 fully saturated rings. The van der Waals surface area contributed by atoms with Crippen LogP contribution in [-0.4, -0.2) is 30.1 Å². The third-order valence-corrected chi connectivity index (χ3v) is 3.72. The molecular weight excluding hydrogens is 366 g/mol. The largest absolute Gasteiger partial charge is 0.506 e. The third-order valence-electron chi connectivity index (χ3n) is 3.20. The molecule has 0 amide bonds. The van der Waals surface area contributed by atoms with Gasteiger partial charge in [-0.3, -0.25) is 14.5 Å². The Bertz CT molecular complexity index is 1070. The van der Waals surface area contributed by atoms with Crippen molar-refractivity contribution in [2.45, 2.75) is 13.8 Å². The Hall–Kier alpha value is -3.18. The monoisotopic (exact) mass is 381 g/mol. The van der Waals surface area contributed by atoms with E-state index in [1.165, 1.54) is 31.2 Å². The minimum absolute atomic E-state index is 0.0218. The smallest absolute Gasteiger partial charge is 0.351 e. The zero-order valence-electron chi connectivity index (χ0n) is 13.7. The summed E-state index contributed by atoms with van der Waals surface area (Å²) in [6, 6.07) is 5.75. The highest BCUT2D eigenvalue weighted by Gasteiger charge is 2.23. The van der Waals surface area contributed by atoms with Gasteiger partial charge in [0.05, 0.1) is 17.1 Å². The van der Waals surface area contributed by atoms with E-state index in [0.717, 1.165) is 6.92 Å². The van der Waals surface area contributed by atoms with E-state index in [9.17, 15) is 28.2 Å².